The van der Waals surface area contributed by atoms with Crippen molar-refractivity contribution in [2.75, 3.05) is 0 Å². The van der Waals surface area contributed by atoms with Gasteiger partial charge in [-0.15, -0.1) is 0 Å². The van der Waals surface area contributed by atoms with Gasteiger partial charge in [0.15, 0.2) is 5.65 Å². The lowest BCUT2D eigenvalue weighted by atomic mass is 9.99. The Morgan fingerprint density at radius 3 is 2.90 bits per heavy atom. The van der Waals surface area contributed by atoms with E-state index in [2.05, 4.69) is 9.97 Å². The second kappa shape index (κ2) is 5.77. The first-order valence-electron chi connectivity index (χ1n) is 6.86. The molecule has 0 aliphatic heterocycles. The molecule has 20 heavy (non-hydrogen) atoms. The molecule has 1 N–H and O–H groups in total. The number of hydrogen-bond acceptors (Lipinski definition) is 2. The number of aromatic nitrogens is 3. The number of aromatic amines is 1. The van der Waals surface area contributed by atoms with Crippen molar-refractivity contribution < 1.29 is 8.78 Å². The standard InChI is InChI=1S/C13H18BF2N3O/c1-2-4-13(15,16)5-3-6-19-11-10(18-12(19)20)7-9(14)8-17-11/h7-8H,2-6,14H2,1H3,(H,18,20). The molecule has 0 atom stereocenters. The normalized spacial score (nSPS) is 12.2. The topological polar surface area (TPSA) is 50.7 Å². The first-order chi connectivity index (χ1) is 9.43. The third-order valence-electron chi connectivity index (χ3n) is 3.29. The molecule has 0 saturated heterocycles. The van der Waals surface area contributed by atoms with Crippen LogP contribution in [0.15, 0.2) is 17.1 Å². The van der Waals surface area contributed by atoms with Crippen LogP contribution < -0.4 is 11.2 Å². The van der Waals surface area contributed by atoms with Gasteiger partial charge in [0.2, 0.25) is 5.92 Å². The van der Waals surface area contributed by atoms with E-state index in [1.54, 1.807) is 13.1 Å². The summed E-state index contributed by atoms with van der Waals surface area (Å²) in [4.78, 5) is 18.7. The maximum atomic E-state index is 13.4. The lowest BCUT2D eigenvalue weighted by Crippen LogP contribution is -2.20. The molecule has 108 valence electrons. The highest BCUT2D eigenvalue weighted by atomic mass is 19.3. The van der Waals surface area contributed by atoms with E-state index >= 15 is 0 Å². The zero-order valence-electron chi connectivity index (χ0n) is 11.7. The van der Waals surface area contributed by atoms with Crippen molar-refractivity contribution >= 4 is 24.5 Å². The highest BCUT2D eigenvalue weighted by molar-refractivity contribution is 6.32. The van der Waals surface area contributed by atoms with E-state index in [0.29, 0.717) is 17.6 Å². The minimum absolute atomic E-state index is 0.104. The molecule has 7 heteroatoms. The molecule has 0 fully saturated rings. The molecule has 2 aromatic rings. The van der Waals surface area contributed by atoms with Crippen LogP contribution in [0.25, 0.3) is 11.2 Å². The van der Waals surface area contributed by atoms with E-state index in [0.717, 1.165) is 5.46 Å². The van der Waals surface area contributed by atoms with Crippen molar-refractivity contribution in [1.29, 1.82) is 0 Å². The second-order valence-electron chi connectivity index (χ2n) is 5.18. The van der Waals surface area contributed by atoms with E-state index in [9.17, 15) is 13.6 Å². The zero-order chi connectivity index (χ0) is 14.8. The molecule has 2 aromatic heterocycles. The van der Waals surface area contributed by atoms with Crippen LogP contribution >= 0.6 is 0 Å². The Morgan fingerprint density at radius 1 is 1.45 bits per heavy atom. The molecular formula is C13H18BF2N3O. The number of nitrogens with one attached hydrogen (secondary N) is 1. The summed E-state index contributed by atoms with van der Waals surface area (Å²) in [6.45, 7) is 2.00. The Bertz CT molecular complexity index is 651. The average Bonchev–Trinajstić information content (AvgIpc) is 2.64. The summed E-state index contributed by atoms with van der Waals surface area (Å²) in [5, 5.41) is 0. The third-order valence-corrected chi connectivity index (χ3v) is 3.29. The van der Waals surface area contributed by atoms with Crippen molar-refractivity contribution in [3.63, 3.8) is 0 Å². The predicted molar refractivity (Wildman–Crippen MR) is 77.6 cm³/mol. The summed E-state index contributed by atoms with van der Waals surface area (Å²) in [6.07, 6.45) is 2.08. The van der Waals surface area contributed by atoms with Crippen LogP contribution in [0.1, 0.15) is 32.6 Å². The molecule has 0 unspecified atom stereocenters. The van der Waals surface area contributed by atoms with Gasteiger partial charge in [0.1, 0.15) is 7.85 Å². The Balaban J connectivity index is 2.11. The Hall–Kier alpha value is -1.66. The molecule has 0 saturated carbocycles. The fourth-order valence-electron chi connectivity index (χ4n) is 2.34. The first kappa shape index (κ1) is 14.7. The van der Waals surface area contributed by atoms with Gasteiger partial charge in [-0.3, -0.25) is 4.57 Å². The van der Waals surface area contributed by atoms with Crippen molar-refractivity contribution in [3.05, 3.63) is 22.7 Å². The van der Waals surface area contributed by atoms with Crippen molar-refractivity contribution in [3.8, 4) is 0 Å². The number of pyridine rings is 1. The summed E-state index contributed by atoms with van der Waals surface area (Å²) in [5.41, 5.74) is 1.83. The minimum atomic E-state index is -2.64. The molecular weight excluding hydrogens is 263 g/mol. The number of hydrogen-bond donors (Lipinski definition) is 1. The number of H-pyrrole nitrogens is 1. The Labute approximate surface area is 116 Å². The molecule has 0 aliphatic rings. The maximum Gasteiger partial charge on any atom is 0.327 e. The highest BCUT2D eigenvalue weighted by Gasteiger charge is 2.26. The predicted octanol–water partition coefficient (Wildman–Crippen LogP) is 1.20. The van der Waals surface area contributed by atoms with Crippen LogP contribution in [0.3, 0.4) is 0 Å². The maximum absolute atomic E-state index is 13.4. The van der Waals surface area contributed by atoms with Crippen LogP contribution in [0.2, 0.25) is 0 Å². The van der Waals surface area contributed by atoms with Gasteiger partial charge in [0, 0.05) is 25.6 Å². The van der Waals surface area contributed by atoms with Crippen molar-refractivity contribution in [2.24, 2.45) is 0 Å². The van der Waals surface area contributed by atoms with Crippen LogP contribution in [-0.4, -0.2) is 28.3 Å². The number of halogens is 2. The van der Waals surface area contributed by atoms with E-state index in [1.165, 1.54) is 4.57 Å². The second-order valence-corrected chi connectivity index (χ2v) is 5.18. The Morgan fingerprint density at radius 2 is 2.20 bits per heavy atom. The molecule has 4 nitrogen and oxygen atoms in total. The first-order valence-corrected chi connectivity index (χ1v) is 6.86. The van der Waals surface area contributed by atoms with Crippen molar-refractivity contribution in [2.45, 2.75) is 45.1 Å². The summed E-state index contributed by atoms with van der Waals surface area (Å²) >= 11 is 0. The molecule has 0 aromatic carbocycles. The lowest BCUT2D eigenvalue weighted by molar-refractivity contribution is -0.0193. The zero-order valence-corrected chi connectivity index (χ0v) is 11.7. The molecule has 0 aliphatic carbocycles. The van der Waals surface area contributed by atoms with E-state index < -0.39 is 5.92 Å². The quantitative estimate of drug-likeness (QED) is 0.809. The van der Waals surface area contributed by atoms with Gasteiger partial charge >= 0.3 is 5.69 Å². The van der Waals surface area contributed by atoms with Gasteiger partial charge in [0.25, 0.3) is 0 Å². The smallest absolute Gasteiger partial charge is 0.304 e. The fraction of sp³-hybridized carbons (Fsp3) is 0.538. The van der Waals surface area contributed by atoms with Crippen LogP contribution in [0.5, 0.6) is 0 Å². The molecule has 0 amide bonds. The van der Waals surface area contributed by atoms with Gasteiger partial charge in [-0.1, -0.05) is 18.8 Å². The van der Waals surface area contributed by atoms with Gasteiger partial charge < -0.3 is 4.98 Å². The molecule has 0 radical (unpaired) electrons. The van der Waals surface area contributed by atoms with Gasteiger partial charge in [-0.05, 0) is 12.5 Å². The number of rotatable bonds is 6. The van der Waals surface area contributed by atoms with E-state index in [4.69, 9.17) is 0 Å². The summed E-state index contributed by atoms with van der Waals surface area (Å²) in [7, 11) is 1.88. The largest absolute Gasteiger partial charge is 0.327 e. The Kier molecular flexibility index (Phi) is 4.25. The van der Waals surface area contributed by atoms with Crippen LogP contribution in [0, 0.1) is 0 Å². The van der Waals surface area contributed by atoms with Crippen LogP contribution in [0.4, 0.5) is 8.78 Å². The summed E-state index contributed by atoms with van der Waals surface area (Å²) in [5.74, 6) is -2.64. The van der Waals surface area contributed by atoms with Gasteiger partial charge in [-0.25, -0.2) is 18.6 Å². The monoisotopic (exact) mass is 281 g/mol. The summed E-state index contributed by atoms with van der Waals surface area (Å²) in [6, 6.07) is 1.83. The fourth-order valence-corrected chi connectivity index (χ4v) is 2.34. The number of nitrogens with zero attached hydrogens (tertiary/aromatic N) is 2. The lowest BCUT2D eigenvalue weighted by Gasteiger charge is -2.14. The average molecular weight is 281 g/mol. The van der Waals surface area contributed by atoms with Gasteiger partial charge in [-0.2, -0.15) is 0 Å². The number of fused-ring (bicyclic) bond motifs is 1. The molecule has 0 spiro atoms. The van der Waals surface area contributed by atoms with Crippen molar-refractivity contribution in [1.82, 2.24) is 14.5 Å². The third kappa shape index (κ3) is 3.26. The minimum Gasteiger partial charge on any atom is -0.304 e. The van der Waals surface area contributed by atoms with E-state index in [1.807, 2.05) is 13.9 Å². The SMILES string of the molecule is Bc1cnc2c(c1)[nH]c(=O)n2CCCC(F)(F)CCC. The number of aryl methyl sites for hydroxylation is 1. The molecule has 0 bridgehead atoms. The van der Waals surface area contributed by atoms with E-state index in [-0.39, 0.29) is 31.5 Å². The summed E-state index contributed by atoms with van der Waals surface area (Å²) < 4.78 is 28.2. The highest BCUT2D eigenvalue weighted by Crippen LogP contribution is 2.26. The van der Waals surface area contributed by atoms with Crippen LogP contribution in [-0.2, 0) is 6.54 Å². The number of imidazole rings is 1. The van der Waals surface area contributed by atoms with Gasteiger partial charge in [0.05, 0.1) is 5.52 Å². The molecule has 2 rings (SSSR count). The molecule has 2 heterocycles. The number of alkyl halides is 2.